The Morgan fingerprint density at radius 2 is 1.83 bits per heavy atom. The fraction of sp³-hybridized carbons (Fsp3) is 0.529. The monoisotopic (exact) mass is 321 g/mol. The number of amides is 1. The Labute approximate surface area is 135 Å². The number of carboxylic acid groups (broad SMARTS) is 1. The minimum absolute atomic E-state index is 0.210. The third-order valence-electron chi connectivity index (χ3n) is 4.26. The van der Waals surface area contributed by atoms with Crippen LogP contribution in [0.25, 0.3) is 0 Å². The van der Waals surface area contributed by atoms with Crippen LogP contribution in [-0.4, -0.2) is 30.8 Å². The standard InChI is InChI=1S/C17H23NO5/c1-22-15-8-4-13(5-9-15)11-23-17(21)18-10-12-2-6-14(7-3-12)16(19)20/h4-5,8-9,12,14H,2-3,6-7,10-11H2,1H3,(H,18,21)(H,19,20)/t12-,14-. The highest BCUT2D eigenvalue weighted by atomic mass is 16.5. The summed E-state index contributed by atoms with van der Waals surface area (Å²) in [5.74, 6) is 0.151. The molecule has 0 aromatic heterocycles. The average molecular weight is 321 g/mol. The van der Waals surface area contributed by atoms with Crippen molar-refractivity contribution in [2.75, 3.05) is 13.7 Å². The van der Waals surface area contributed by atoms with Crippen LogP contribution in [0.1, 0.15) is 31.2 Å². The molecule has 2 rings (SSSR count). The Balaban J connectivity index is 1.64. The van der Waals surface area contributed by atoms with Crippen LogP contribution in [0.2, 0.25) is 0 Å². The highest BCUT2D eigenvalue weighted by Gasteiger charge is 2.26. The van der Waals surface area contributed by atoms with Crippen LogP contribution in [0, 0.1) is 11.8 Å². The molecule has 0 heterocycles. The molecule has 0 atom stereocenters. The summed E-state index contributed by atoms with van der Waals surface area (Å²) in [6.45, 7) is 0.745. The SMILES string of the molecule is COc1ccc(COC(=O)NC[C@H]2CC[C@H](C(=O)O)CC2)cc1. The predicted molar refractivity (Wildman–Crippen MR) is 84.3 cm³/mol. The molecule has 1 aromatic carbocycles. The lowest BCUT2D eigenvalue weighted by Crippen LogP contribution is -2.32. The molecular formula is C17H23NO5. The third-order valence-corrected chi connectivity index (χ3v) is 4.26. The first kappa shape index (κ1) is 17.1. The molecule has 1 aromatic rings. The van der Waals surface area contributed by atoms with E-state index in [1.165, 1.54) is 0 Å². The lowest BCUT2D eigenvalue weighted by Gasteiger charge is -2.25. The van der Waals surface area contributed by atoms with Gasteiger partial charge in [0.1, 0.15) is 12.4 Å². The Kier molecular flexibility index (Phi) is 6.26. The number of ether oxygens (including phenoxy) is 2. The fourth-order valence-corrected chi connectivity index (χ4v) is 2.76. The van der Waals surface area contributed by atoms with Crippen molar-refractivity contribution in [3.8, 4) is 5.75 Å². The van der Waals surface area contributed by atoms with Crippen molar-refractivity contribution < 1.29 is 24.2 Å². The largest absolute Gasteiger partial charge is 0.497 e. The van der Waals surface area contributed by atoms with Crippen LogP contribution >= 0.6 is 0 Å². The van der Waals surface area contributed by atoms with E-state index in [4.69, 9.17) is 14.6 Å². The van der Waals surface area contributed by atoms with Crippen molar-refractivity contribution >= 4 is 12.1 Å². The van der Waals surface area contributed by atoms with E-state index < -0.39 is 12.1 Å². The summed E-state index contributed by atoms with van der Waals surface area (Å²) in [7, 11) is 1.60. The zero-order valence-corrected chi connectivity index (χ0v) is 13.3. The number of alkyl carbamates (subject to hydrolysis) is 1. The van der Waals surface area contributed by atoms with Gasteiger partial charge in [0.05, 0.1) is 13.0 Å². The number of hydrogen-bond acceptors (Lipinski definition) is 4. The van der Waals surface area contributed by atoms with Gasteiger partial charge in [0.25, 0.3) is 0 Å². The van der Waals surface area contributed by atoms with E-state index in [0.29, 0.717) is 25.3 Å². The molecule has 0 unspecified atom stereocenters. The van der Waals surface area contributed by atoms with Crippen LogP contribution in [0.15, 0.2) is 24.3 Å². The summed E-state index contributed by atoms with van der Waals surface area (Å²) in [5, 5.41) is 11.7. The van der Waals surface area contributed by atoms with Crippen LogP contribution in [0.5, 0.6) is 5.75 Å². The minimum Gasteiger partial charge on any atom is -0.497 e. The van der Waals surface area contributed by atoms with E-state index in [1.54, 1.807) is 7.11 Å². The maximum Gasteiger partial charge on any atom is 0.407 e. The number of rotatable bonds is 6. The predicted octanol–water partition coefficient (Wildman–Crippen LogP) is 2.81. The van der Waals surface area contributed by atoms with E-state index in [2.05, 4.69) is 5.32 Å². The smallest absolute Gasteiger partial charge is 0.407 e. The fourth-order valence-electron chi connectivity index (χ4n) is 2.76. The Morgan fingerprint density at radius 3 is 2.39 bits per heavy atom. The van der Waals surface area contributed by atoms with Crippen LogP contribution in [0.3, 0.4) is 0 Å². The van der Waals surface area contributed by atoms with Gasteiger partial charge >= 0.3 is 12.1 Å². The second-order valence-corrected chi connectivity index (χ2v) is 5.86. The van der Waals surface area contributed by atoms with Crippen LogP contribution in [-0.2, 0) is 16.1 Å². The van der Waals surface area contributed by atoms with Gasteiger partial charge in [-0.25, -0.2) is 4.79 Å². The number of carbonyl (C=O) groups is 2. The molecule has 1 aliphatic carbocycles. The van der Waals surface area contributed by atoms with E-state index in [0.717, 1.165) is 24.2 Å². The Morgan fingerprint density at radius 1 is 1.17 bits per heavy atom. The minimum atomic E-state index is -0.713. The highest BCUT2D eigenvalue weighted by Crippen LogP contribution is 2.28. The summed E-state index contributed by atoms with van der Waals surface area (Å²) in [5.41, 5.74) is 0.892. The molecule has 0 spiro atoms. The van der Waals surface area contributed by atoms with E-state index in [1.807, 2.05) is 24.3 Å². The van der Waals surface area contributed by atoms with Gasteiger partial charge in [-0.1, -0.05) is 12.1 Å². The zero-order chi connectivity index (χ0) is 16.7. The lowest BCUT2D eigenvalue weighted by molar-refractivity contribution is -0.143. The lowest BCUT2D eigenvalue weighted by atomic mass is 9.82. The number of nitrogens with one attached hydrogen (secondary N) is 1. The van der Waals surface area contributed by atoms with Crippen LogP contribution in [0.4, 0.5) is 4.79 Å². The second-order valence-electron chi connectivity index (χ2n) is 5.86. The van der Waals surface area contributed by atoms with Gasteiger partial charge in [-0.15, -0.1) is 0 Å². The normalized spacial score (nSPS) is 20.6. The van der Waals surface area contributed by atoms with Gasteiger partial charge in [0.2, 0.25) is 0 Å². The first-order chi connectivity index (χ1) is 11.1. The molecule has 1 aliphatic rings. The molecule has 0 aliphatic heterocycles. The molecular weight excluding hydrogens is 298 g/mol. The molecule has 1 saturated carbocycles. The Hall–Kier alpha value is -2.24. The molecule has 0 bridgehead atoms. The molecule has 1 amide bonds. The molecule has 6 heteroatoms. The van der Waals surface area contributed by atoms with Gasteiger partial charge in [-0.2, -0.15) is 0 Å². The van der Waals surface area contributed by atoms with Crippen molar-refractivity contribution in [3.05, 3.63) is 29.8 Å². The van der Waals surface area contributed by atoms with Gasteiger partial charge in [-0.05, 0) is 49.3 Å². The topological polar surface area (TPSA) is 84.9 Å². The maximum absolute atomic E-state index is 11.7. The molecule has 0 radical (unpaired) electrons. The second kappa shape index (κ2) is 8.41. The third kappa shape index (κ3) is 5.47. The molecule has 1 fully saturated rings. The van der Waals surface area contributed by atoms with E-state index in [9.17, 15) is 9.59 Å². The van der Waals surface area contributed by atoms with Gasteiger partial charge in [0.15, 0.2) is 0 Å². The molecule has 6 nitrogen and oxygen atoms in total. The number of carbonyl (C=O) groups excluding carboxylic acids is 1. The number of hydrogen-bond donors (Lipinski definition) is 2. The molecule has 0 saturated heterocycles. The van der Waals surface area contributed by atoms with Crippen LogP contribution < -0.4 is 10.1 Å². The first-order valence-corrected chi connectivity index (χ1v) is 7.85. The van der Waals surface area contributed by atoms with E-state index >= 15 is 0 Å². The number of aliphatic carboxylic acids is 1. The maximum atomic E-state index is 11.7. The summed E-state index contributed by atoms with van der Waals surface area (Å²) < 4.78 is 10.2. The number of methoxy groups -OCH3 is 1. The summed E-state index contributed by atoms with van der Waals surface area (Å²) in [6.07, 6.45) is 2.58. The average Bonchev–Trinajstić information content (AvgIpc) is 2.59. The quantitative estimate of drug-likeness (QED) is 0.841. The van der Waals surface area contributed by atoms with Crippen molar-refractivity contribution in [2.24, 2.45) is 11.8 Å². The number of carboxylic acids is 1. The highest BCUT2D eigenvalue weighted by molar-refractivity contribution is 5.70. The van der Waals surface area contributed by atoms with Gasteiger partial charge in [0, 0.05) is 6.54 Å². The zero-order valence-electron chi connectivity index (χ0n) is 13.3. The number of benzene rings is 1. The molecule has 126 valence electrons. The van der Waals surface area contributed by atoms with Crippen molar-refractivity contribution in [2.45, 2.75) is 32.3 Å². The van der Waals surface area contributed by atoms with Gasteiger partial charge < -0.3 is 19.9 Å². The van der Waals surface area contributed by atoms with Crippen molar-refractivity contribution in [3.63, 3.8) is 0 Å². The molecule has 2 N–H and O–H groups in total. The molecule has 23 heavy (non-hydrogen) atoms. The Bertz CT molecular complexity index is 520. The van der Waals surface area contributed by atoms with Crippen molar-refractivity contribution in [1.82, 2.24) is 5.32 Å². The van der Waals surface area contributed by atoms with Gasteiger partial charge in [-0.3, -0.25) is 4.79 Å². The van der Waals surface area contributed by atoms with E-state index in [-0.39, 0.29) is 12.5 Å². The van der Waals surface area contributed by atoms with Crippen molar-refractivity contribution in [1.29, 1.82) is 0 Å². The summed E-state index contributed by atoms with van der Waals surface area (Å²) >= 11 is 0. The summed E-state index contributed by atoms with van der Waals surface area (Å²) in [4.78, 5) is 22.6. The summed E-state index contributed by atoms with van der Waals surface area (Å²) in [6, 6.07) is 7.33. The first-order valence-electron chi connectivity index (χ1n) is 7.85.